The van der Waals surface area contributed by atoms with Gasteiger partial charge in [-0.1, -0.05) is 13.3 Å². The van der Waals surface area contributed by atoms with Crippen LogP contribution < -0.4 is 5.32 Å². The second kappa shape index (κ2) is 7.21. The summed E-state index contributed by atoms with van der Waals surface area (Å²) in [5, 5.41) is 12.9. The summed E-state index contributed by atoms with van der Waals surface area (Å²) in [5.41, 5.74) is 0. The van der Waals surface area contributed by atoms with Crippen LogP contribution >= 0.6 is 0 Å². The molecule has 1 rings (SSSR count). The molecule has 84 valence electrons. The molecule has 0 aliphatic heterocycles. The molecule has 0 aromatic carbocycles. The minimum absolute atomic E-state index is 0.0703. The van der Waals surface area contributed by atoms with E-state index in [0.29, 0.717) is 5.92 Å². The van der Waals surface area contributed by atoms with E-state index in [1.165, 1.54) is 12.8 Å². The van der Waals surface area contributed by atoms with Crippen molar-refractivity contribution < 1.29 is 9.84 Å². The number of ether oxygens (including phenoxy) is 1. The highest BCUT2D eigenvalue weighted by atomic mass is 16.5. The Morgan fingerprint density at radius 3 is 2.86 bits per heavy atom. The number of rotatable bonds is 7. The summed E-state index contributed by atoms with van der Waals surface area (Å²) in [6.45, 7) is 5.60. The van der Waals surface area contributed by atoms with E-state index in [1.54, 1.807) is 0 Å². The molecule has 0 amide bonds. The van der Waals surface area contributed by atoms with Gasteiger partial charge in [-0.25, -0.2) is 0 Å². The first-order chi connectivity index (χ1) is 6.84. The fourth-order valence-electron chi connectivity index (χ4n) is 1.93. The summed E-state index contributed by atoms with van der Waals surface area (Å²) in [7, 11) is 0. The molecule has 2 unspecified atom stereocenters. The Bertz CT molecular complexity index is 141. The highest BCUT2D eigenvalue weighted by Gasteiger charge is 2.24. The first-order valence-electron chi connectivity index (χ1n) is 5.81. The summed E-state index contributed by atoms with van der Waals surface area (Å²) in [5.74, 6) is 0.473. The quantitative estimate of drug-likeness (QED) is 0.607. The third-order valence-electron chi connectivity index (χ3n) is 2.80. The number of aliphatic hydroxyl groups excluding tert-OH is 1. The number of aliphatic hydroxyl groups is 1. The highest BCUT2D eigenvalue weighted by Crippen LogP contribution is 2.24. The lowest BCUT2D eigenvalue weighted by molar-refractivity contribution is 0.120. The van der Waals surface area contributed by atoms with Crippen LogP contribution in [0.4, 0.5) is 0 Å². The van der Waals surface area contributed by atoms with Gasteiger partial charge in [0.2, 0.25) is 0 Å². The van der Waals surface area contributed by atoms with Crippen molar-refractivity contribution >= 4 is 0 Å². The van der Waals surface area contributed by atoms with Crippen molar-refractivity contribution in [3.05, 3.63) is 0 Å². The zero-order valence-electron chi connectivity index (χ0n) is 9.17. The molecule has 0 radical (unpaired) electrons. The molecule has 0 heterocycles. The minimum Gasteiger partial charge on any atom is -0.393 e. The number of nitrogens with one attached hydrogen (secondary N) is 1. The van der Waals surface area contributed by atoms with Gasteiger partial charge in [-0.05, 0) is 25.2 Å². The van der Waals surface area contributed by atoms with Crippen LogP contribution in [0.5, 0.6) is 0 Å². The SMILES string of the molecule is CCCOCCNCC1CCCC1O. The Hall–Kier alpha value is -0.120. The van der Waals surface area contributed by atoms with Crippen LogP contribution in [0, 0.1) is 5.92 Å². The Kier molecular flexibility index (Phi) is 6.15. The standard InChI is InChI=1S/C11H23NO2/c1-2-7-14-8-6-12-9-10-4-3-5-11(10)13/h10-13H,2-9H2,1H3. The summed E-state index contributed by atoms with van der Waals surface area (Å²) < 4.78 is 5.35. The van der Waals surface area contributed by atoms with Gasteiger partial charge in [-0.2, -0.15) is 0 Å². The van der Waals surface area contributed by atoms with E-state index in [2.05, 4.69) is 12.2 Å². The van der Waals surface area contributed by atoms with E-state index in [1.807, 2.05) is 0 Å². The van der Waals surface area contributed by atoms with Gasteiger partial charge in [0, 0.05) is 19.7 Å². The Balaban J connectivity index is 1.88. The van der Waals surface area contributed by atoms with Crippen LogP contribution in [-0.2, 0) is 4.74 Å². The number of hydrogen-bond acceptors (Lipinski definition) is 3. The van der Waals surface area contributed by atoms with Gasteiger partial charge in [0.25, 0.3) is 0 Å². The second-order valence-corrected chi connectivity index (χ2v) is 4.07. The molecule has 1 aliphatic carbocycles. The molecular weight excluding hydrogens is 178 g/mol. The predicted octanol–water partition coefficient (Wildman–Crippen LogP) is 1.16. The molecule has 2 atom stereocenters. The van der Waals surface area contributed by atoms with Gasteiger partial charge in [0.05, 0.1) is 12.7 Å². The van der Waals surface area contributed by atoms with E-state index >= 15 is 0 Å². The van der Waals surface area contributed by atoms with E-state index in [0.717, 1.165) is 39.1 Å². The van der Waals surface area contributed by atoms with Crippen molar-refractivity contribution in [2.45, 2.75) is 38.7 Å². The van der Waals surface area contributed by atoms with Crippen LogP contribution in [0.25, 0.3) is 0 Å². The van der Waals surface area contributed by atoms with E-state index in [-0.39, 0.29) is 6.10 Å². The molecule has 1 saturated carbocycles. The van der Waals surface area contributed by atoms with Gasteiger partial charge >= 0.3 is 0 Å². The fraction of sp³-hybridized carbons (Fsp3) is 1.00. The zero-order chi connectivity index (χ0) is 10.2. The normalized spacial score (nSPS) is 27.0. The summed E-state index contributed by atoms with van der Waals surface area (Å²) >= 11 is 0. The molecule has 1 fully saturated rings. The fourth-order valence-corrected chi connectivity index (χ4v) is 1.93. The molecule has 0 spiro atoms. The van der Waals surface area contributed by atoms with E-state index < -0.39 is 0 Å². The molecule has 2 N–H and O–H groups in total. The van der Waals surface area contributed by atoms with Gasteiger partial charge < -0.3 is 15.2 Å². The van der Waals surface area contributed by atoms with Crippen molar-refractivity contribution in [1.29, 1.82) is 0 Å². The Morgan fingerprint density at radius 1 is 1.36 bits per heavy atom. The van der Waals surface area contributed by atoms with E-state index in [4.69, 9.17) is 4.74 Å². The smallest absolute Gasteiger partial charge is 0.0590 e. The van der Waals surface area contributed by atoms with Gasteiger partial charge in [0.1, 0.15) is 0 Å². The third-order valence-corrected chi connectivity index (χ3v) is 2.80. The monoisotopic (exact) mass is 201 g/mol. The van der Waals surface area contributed by atoms with Crippen molar-refractivity contribution in [1.82, 2.24) is 5.32 Å². The van der Waals surface area contributed by atoms with Gasteiger partial charge in [-0.15, -0.1) is 0 Å². The lowest BCUT2D eigenvalue weighted by Crippen LogP contribution is -2.30. The first kappa shape index (κ1) is 12.0. The maximum atomic E-state index is 9.56. The highest BCUT2D eigenvalue weighted by molar-refractivity contribution is 4.77. The average Bonchev–Trinajstić information content (AvgIpc) is 2.58. The van der Waals surface area contributed by atoms with E-state index in [9.17, 15) is 5.11 Å². The third kappa shape index (κ3) is 4.40. The largest absolute Gasteiger partial charge is 0.393 e. The summed E-state index contributed by atoms with van der Waals surface area (Å²) in [4.78, 5) is 0. The topological polar surface area (TPSA) is 41.5 Å². The van der Waals surface area contributed by atoms with Crippen molar-refractivity contribution in [3.8, 4) is 0 Å². The van der Waals surface area contributed by atoms with Crippen LogP contribution in [0.15, 0.2) is 0 Å². The molecule has 14 heavy (non-hydrogen) atoms. The average molecular weight is 201 g/mol. The van der Waals surface area contributed by atoms with Gasteiger partial charge in [0.15, 0.2) is 0 Å². The van der Waals surface area contributed by atoms with Crippen LogP contribution in [0.3, 0.4) is 0 Å². The zero-order valence-corrected chi connectivity index (χ0v) is 9.17. The molecule has 1 aliphatic rings. The summed E-state index contributed by atoms with van der Waals surface area (Å²) in [6.07, 6.45) is 4.35. The molecule has 0 bridgehead atoms. The second-order valence-electron chi connectivity index (χ2n) is 4.07. The van der Waals surface area contributed by atoms with Gasteiger partial charge in [-0.3, -0.25) is 0 Å². The van der Waals surface area contributed by atoms with Crippen molar-refractivity contribution in [2.24, 2.45) is 5.92 Å². The Labute approximate surface area is 86.8 Å². The van der Waals surface area contributed by atoms with Crippen LogP contribution in [-0.4, -0.2) is 37.5 Å². The van der Waals surface area contributed by atoms with Crippen molar-refractivity contribution in [2.75, 3.05) is 26.3 Å². The molecular formula is C11H23NO2. The van der Waals surface area contributed by atoms with Crippen LogP contribution in [0.1, 0.15) is 32.6 Å². The minimum atomic E-state index is -0.0703. The first-order valence-corrected chi connectivity index (χ1v) is 5.81. The number of hydrogen-bond donors (Lipinski definition) is 2. The summed E-state index contributed by atoms with van der Waals surface area (Å²) in [6, 6.07) is 0. The molecule has 3 heteroatoms. The lowest BCUT2D eigenvalue weighted by atomic mass is 10.1. The maximum absolute atomic E-state index is 9.56. The maximum Gasteiger partial charge on any atom is 0.0590 e. The Morgan fingerprint density at radius 2 is 2.21 bits per heavy atom. The van der Waals surface area contributed by atoms with Crippen LogP contribution in [0.2, 0.25) is 0 Å². The molecule has 0 saturated heterocycles. The molecule has 0 aromatic heterocycles. The lowest BCUT2D eigenvalue weighted by Gasteiger charge is -2.14. The molecule has 3 nitrogen and oxygen atoms in total. The predicted molar refractivity (Wildman–Crippen MR) is 57.3 cm³/mol. The molecule has 0 aromatic rings. The van der Waals surface area contributed by atoms with Crippen molar-refractivity contribution in [3.63, 3.8) is 0 Å².